The minimum absolute atomic E-state index is 0.0992. The standard InChI is InChI=1S/C24H29BrN2O4S/c1-14-15(2)17(4)23(18(5)16(14)3)32(29,30)26-10-8-21(9-11-26)27-22-7-6-20(25)12-19(22)13-31-24(27)28/h6-7,12,21H,8-11,13H2,1-5H3. The summed E-state index contributed by atoms with van der Waals surface area (Å²) in [4.78, 5) is 14.7. The van der Waals surface area contributed by atoms with Gasteiger partial charge in [0, 0.05) is 29.2 Å². The molecule has 32 heavy (non-hydrogen) atoms. The number of hydrogen-bond donors (Lipinski definition) is 0. The van der Waals surface area contributed by atoms with Crippen molar-refractivity contribution in [1.29, 1.82) is 0 Å². The predicted molar refractivity (Wildman–Crippen MR) is 129 cm³/mol. The molecule has 0 atom stereocenters. The van der Waals surface area contributed by atoms with Gasteiger partial charge in [0.15, 0.2) is 0 Å². The molecule has 0 aliphatic carbocycles. The number of rotatable bonds is 3. The Kier molecular flexibility index (Phi) is 6.15. The molecule has 8 heteroatoms. The SMILES string of the molecule is Cc1c(C)c(C)c(S(=O)(=O)N2CCC(N3C(=O)OCc4cc(Br)ccc43)CC2)c(C)c1C. The fourth-order valence-electron chi connectivity index (χ4n) is 4.88. The van der Waals surface area contributed by atoms with Gasteiger partial charge in [-0.05, 0) is 93.5 Å². The molecule has 172 valence electrons. The molecule has 0 saturated carbocycles. The zero-order valence-electron chi connectivity index (χ0n) is 19.2. The van der Waals surface area contributed by atoms with E-state index in [0.29, 0.717) is 30.8 Å². The van der Waals surface area contributed by atoms with Crippen LogP contribution in [0.3, 0.4) is 0 Å². The average Bonchev–Trinajstić information content (AvgIpc) is 2.76. The lowest BCUT2D eigenvalue weighted by molar-refractivity contribution is 0.135. The normalized spacial score (nSPS) is 17.9. The molecule has 0 N–H and O–H groups in total. The number of carbonyl (C=O) groups excluding carboxylic acids is 1. The fraction of sp³-hybridized carbons (Fsp3) is 0.458. The number of cyclic esters (lactones) is 1. The summed E-state index contributed by atoms with van der Waals surface area (Å²) in [5.41, 5.74) is 6.65. The Morgan fingerprint density at radius 3 is 2.09 bits per heavy atom. The summed E-state index contributed by atoms with van der Waals surface area (Å²) in [6.07, 6.45) is 0.759. The molecule has 0 radical (unpaired) electrons. The second-order valence-electron chi connectivity index (χ2n) is 8.79. The first-order chi connectivity index (χ1) is 15.0. The topological polar surface area (TPSA) is 66.9 Å². The molecule has 2 aromatic rings. The monoisotopic (exact) mass is 520 g/mol. The van der Waals surface area contributed by atoms with Gasteiger partial charge in [-0.15, -0.1) is 0 Å². The second-order valence-corrected chi connectivity index (χ2v) is 11.6. The van der Waals surface area contributed by atoms with Crippen LogP contribution in [0.4, 0.5) is 10.5 Å². The van der Waals surface area contributed by atoms with Crippen LogP contribution in [0, 0.1) is 34.6 Å². The highest BCUT2D eigenvalue weighted by Crippen LogP contribution is 2.36. The molecule has 0 spiro atoms. The molecular weight excluding hydrogens is 492 g/mol. The third kappa shape index (κ3) is 3.76. The Bertz CT molecular complexity index is 1170. The minimum atomic E-state index is -3.63. The van der Waals surface area contributed by atoms with Crippen LogP contribution in [-0.4, -0.2) is 37.9 Å². The highest BCUT2D eigenvalue weighted by atomic mass is 79.9. The van der Waals surface area contributed by atoms with Gasteiger partial charge >= 0.3 is 6.09 Å². The van der Waals surface area contributed by atoms with Crippen molar-refractivity contribution < 1.29 is 17.9 Å². The van der Waals surface area contributed by atoms with Crippen molar-refractivity contribution in [3.63, 3.8) is 0 Å². The van der Waals surface area contributed by atoms with Gasteiger partial charge in [0.2, 0.25) is 10.0 Å². The largest absolute Gasteiger partial charge is 0.444 e. The molecular formula is C24H29BrN2O4S. The maximum atomic E-state index is 13.6. The molecule has 1 fully saturated rings. The number of piperidine rings is 1. The number of benzene rings is 2. The Morgan fingerprint density at radius 2 is 1.50 bits per heavy atom. The van der Waals surface area contributed by atoms with E-state index in [2.05, 4.69) is 15.9 Å². The van der Waals surface area contributed by atoms with Gasteiger partial charge < -0.3 is 4.74 Å². The second kappa shape index (κ2) is 8.47. The number of halogens is 1. The summed E-state index contributed by atoms with van der Waals surface area (Å²) in [7, 11) is -3.63. The van der Waals surface area contributed by atoms with Crippen molar-refractivity contribution in [2.45, 2.75) is 65.0 Å². The van der Waals surface area contributed by atoms with E-state index in [9.17, 15) is 13.2 Å². The van der Waals surface area contributed by atoms with Gasteiger partial charge in [0.05, 0.1) is 10.6 Å². The lowest BCUT2D eigenvalue weighted by Gasteiger charge is -2.40. The molecule has 2 aliphatic heterocycles. The van der Waals surface area contributed by atoms with Crippen molar-refractivity contribution in [3.05, 3.63) is 56.1 Å². The number of carbonyl (C=O) groups is 1. The molecule has 6 nitrogen and oxygen atoms in total. The van der Waals surface area contributed by atoms with Gasteiger partial charge in [-0.2, -0.15) is 4.31 Å². The first kappa shape index (κ1) is 23.3. The smallest absolute Gasteiger partial charge is 0.414 e. The van der Waals surface area contributed by atoms with Gasteiger partial charge in [0.1, 0.15) is 6.61 Å². The van der Waals surface area contributed by atoms with Crippen molar-refractivity contribution in [3.8, 4) is 0 Å². The summed E-state index contributed by atoms with van der Waals surface area (Å²) in [5.74, 6) is 0. The van der Waals surface area contributed by atoms with E-state index in [0.717, 1.165) is 43.5 Å². The van der Waals surface area contributed by atoms with Crippen LogP contribution in [0.2, 0.25) is 0 Å². The van der Waals surface area contributed by atoms with Gasteiger partial charge in [-0.25, -0.2) is 13.2 Å². The lowest BCUT2D eigenvalue weighted by Crippen LogP contribution is -2.50. The van der Waals surface area contributed by atoms with Crippen LogP contribution in [0.1, 0.15) is 46.2 Å². The molecule has 0 unspecified atom stereocenters. The maximum absolute atomic E-state index is 13.6. The third-order valence-corrected chi connectivity index (χ3v) is 9.83. The first-order valence-electron chi connectivity index (χ1n) is 10.9. The van der Waals surface area contributed by atoms with Crippen LogP contribution < -0.4 is 4.90 Å². The highest BCUT2D eigenvalue weighted by Gasteiger charge is 2.38. The number of sulfonamides is 1. The van der Waals surface area contributed by atoms with Crippen molar-refractivity contribution in [2.75, 3.05) is 18.0 Å². The van der Waals surface area contributed by atoms with Gasteiger partial charge in [-0.3, -0.25) is 4.90 Å². The summed E-state index contributed by atoms with van der Waals surface area (Å²) in [6, 6.07) is 5.70. The van der Waals surface area contributed by atoms with Crippen LogP contribution in [-0.2, 0) is 21.4 Å². The molecule has 2 heterocycles. The maximum Gasteiger partial charge on any atom is 0.414 e. The summed E-state index contributed by atoms with van der Waals surface area (Å²) >= 11 is 3.47. The Hall–Kier alpha value is -1.90. The lowest BCUT2D eigenvalue weighted by atomic mass is 9.95. The number of ether oxygens (including phenoxy) is 1. The summed E-state index contributed by atoms with van der Waals surface area (Å²) in [5, 5.41) is 0. The number of anilines is 1. The van der Waals surface area contributed by atoms with E-state index in [1.165, 1.54) is 0 Å². The summed E-state index contributed by atoms with van der Waals surface area (Å²) < 4.78 is 35.2. The molecule has 1 amide bonds. The van der Waals surface area contributed by atoms with Crippen LogP contribution >= 0.6 is 15.9 Å². The van der Waals surface area contributed by atoms with Gasteiger partial charge in [0.25, 0.3) is 0 Å². The number of nitrogens with zero attached hydrogens (tertiary/aromatic N) is 2. The highest BCUT2D eigenvalue weighted by molar-refractivity contribution is 9.10. The van der Waals surface area contributed by atoms with Crippen LogP contribution in [0.25, 0.3) is 0 Å². The third-order valence-electron chi connectivity index (χ3n) is 7.17. The number of hydrogen-bond acceptors (Lipinski definition) is 4. The molecule has 0 aromatic heterocycles. The fourth-order valence-corrected chi connectivity index (χ4v) is 7.32. The number of fused-ring (bicyclic) bond motifs is 1. The van der Waals surface area contributed by atoms with E-state index in [-0.39, 0.29) is 18.7 Å². The van der Waals surface area contributed by atoms with Crippen LogP contribution in [0.15, 0.2) is 27.6 Å². The molecule has 1 saturated heterocycles. The Labute approximate surface area is 198 Å². The molecule has 0 bridgehead atoms. The average molecular weight is 521 g/mol. The molecule has 2 aliphatic rings. The van der Waals surface area contributed by atoms with E-state index < -0.39 is 10.0 Å². The number of amides is 1. The first-order valence-corrected chi connectivity index (χ1v) is 13.1. The Morgan fingerprint density at radius 1 is 0.938 bits per heavy atom. The molecule has 2 aromatic carbocycles. The predicted octanol–water partition coefficient (Wildman–Crippen LogP) is 5.30. The zero-order valence-corrected chi connectivity index (χ0v) is 21.6. The van der Waals surface area contributed by atoms with E-state index >= 15 is 0 Å². The minimum Gasteiger partial charge on any atom is -0.444 e. The van der Waals surface area contributed by atoms with E-state index in [1.54, 1.807) is 9.21 Å². The Balaban J connectivity index is 1.60. The van der Waals surface area contributed by atoms with Crippen molar-refractivity contribution >= 4 is 37.7 Å². The zero-order chi connectivity index (χ0) is 23.4. The van der Waals surface area contributed by atoms with E-state index in [1.807, 2.05) is 52.8 Å². The van der Waals surface area contributed by atoms with Crippen molar-refractivity contribution in [1.82, 2.24) is 4.31 Å². The van der Waals surface area contributed by atoms with E-state index in [4.69, 9.17) is 4.74 Å². The van der Waals surface area contributed by atoms with Gasteiger partial charge in [-0.1, -0.05) is 15.9 Å². The quantitative estimate of drug-likeness (QED) is 0.550. The molecule has 4 rings (SSSR count). The van der Waals surface area contributed by atoms with Crippen molar-refractivity contribution in [2.24, 2.45) is 0 Å². The van der Waals surface area contributed by atoms with Crippen LogP contribution in [0.5, 0.6) is 0 Å². The summed E-state index contributed by atoms with van der Waals surface area (Å²) in [6.45, 7) is 10.8.